The molecule has 1 unspecified atom stereocenters. The highest BCUT2D eigenvalue weighted by Gasteiger charge is 2.53. The number of carboxylic acids is 1. The smallest absolute Gasteiger partial charge is 0.475 e. The van der Waals surface area contributed by atoms with Crippen molar-refractivity contribution >= 4 is 27.8 Å². The number of hydrogen-bond acceptors (Lipinski definition) is 6. The highest BCUT2D eigenvalue weighted by atomic mass is 32.2. The summed E-state index contributed by atoms with van der Waals surface area (Å²) in [5, 5.41) is 10.5. The monoisotopic (exact) mass is 505 g/mol. The summed E-state index contributed by atoms with van der Waals surface area (Å²) in [6.07, 6.45) is -1.97. The fourth-order valence-corrected chi connectivity index (χ4v) is 6.30. The largest absolute Gasteiger partial charge is 0.490 e. The van der Waals surface area contributed by atoms with Gasteiger partial charge in [0.1, 0.15) is 4.90 Å². The molecular formula is C21H26F3N3O6S. The van der Waals surface area contributed by atoms with Gasteiger partial charge in [-0.15, -0.1) is 0 Å². The van der Waals surface area contributed by atoms with E-state index in [1.165, 1.54) is 12.1 Å². The van der Waals surface area contributed by atoms with E-state index in [1.54, 1.807) is 31.9 Å². The number of aliphatic carboxylic acids is 1. The van der Waals surface area contributed by atoms with Gasteiger partial charge in [-0.25, -0.2) is 17.5 Å². The number of hydrogen-bond donors (Lipinski definition) is 2. The van der Waals surface area contributed by atoms with Gasteiger partial charge in [-0.2, -0.15) is 13.2 Å². The number of rotatable bonds is 3. The molecule has 2 aliphatic heterocycles. The van der Waals surface area contributed by atoms with E-state index in [9.17, 15) is 31.2 Å². The third-order valence-corrected chi connectivity index (χ3v) is 8.37. The molecule has 9 nitrogen and oxygen atoms in total. The minimum absolute atomic E-state index is 0.0631. The molecule has 1 spiro atoms. The Morgan fingerprint density at radius 1 is 1.26 bits per heavy atom. The van der Waals surface area contributed by atoms with Gasteiger partial charge < -0.3 is 15.3 Å². The lowest BCUT2D eigenvalue weighted by Gasteiger charge is -2.39. The number of benzene rings is 1. The molecule has 0 aromatic heterocycles. The zero-order valence-electron chi connectivity index (χ0n) is 18.8. The van der Waals surface area contributed by atoms with Crippen LogP contribution in [0.5, 0.6) is 0 Å². The average molecular weight is 506 g/mol. The summed E-state index contributed by atoms with van der Waals surface area (Å²) in [6.45, 7) is 5.12. The third kappa shape index (κ3) is 4.63. The summed E-state index contributed by atoms with van der Waals surface area (Å²) in [4.78, 5) is 36.1. The van der Waals surface area contributed by atoms with E-state index in [4.69, 9.17) is 9.90 Å². The molecule has 1 saturated heterocycles. The number of sulfonamides is 1. The van der Waals surface area contributed by atoms with E-state index >= 15 is 0 Å². The van der Waals surface area contributed by atoms with Crippen LogP contribution in [-0.2, 0) is 14.8 Å². The number of piperidine rings is 1. The molecule has 2 N–H and O–H groups in total. The number of nitrogens with one attached hydrogen (secondary N) is 1. The Hall–Kier alpha value is -2.67. The lowest BCUT2D eigenvalue weighted by atomic mass is 9.88. The van der Waals surface area contributed by atoms with Crippen molar-refractivity contribution in [2.24, 2.45) is 5.41 Å². The van der Waals surface area contributed by atoms with Gasteiger partial charge in [0.15, 0.2) is 0 Å². The number of amides is 2. The maximum Gasteiger partial charge on any atom is 0.490 e. The van der Waals surface area contributed by atoms with E-state index in [2.05, 4.69) is 5.32 Å². The number of alkyl halides is 3. The standard InChI is InChI=1S/C19H25N3O4S.C2HF3O2/c1-12(2)22-18(24)14-5-4-13(10-15(14)27(22,25)26)17(23)21(3)16-6-9-20-11-19(16)7-8-19;3-2(4,5)1(6)7/h4-5,10,12,16,20H,6-9,11H2,1-3H3;(H,6,7). The average Bonchev–Trinajstić information content (AvgIpc) is 3.47. The molecule has 34 heavy (non-hydrogen) atoms. The summed E-state index contributed by atoms with van der Waals surface area (Å²) in [7, 11) is -2.11. The van der Waals surface area contributed by atoms with Crippen LogP contribution in [0, 0.1) is 5.41 Å². The van der Waals surface area contributed by atoms with Gasteiger partial charge in [0.2, 0.25) is 0 Å². The first-order valence-corrected chi connectivity index (χ1v) is 12.1. The van der Waals surface area contributed by atoms with Crippen molar-refractivity contribution in [3.63, 3.8) is 0 Å². The van der Waals surface area contributed by atoms with Gasteiger partial charge in [-0.05, 0) is 57.9 Å². The van der Waals surface area contributed by atoms with E-state index in [1.807, 2.05) is 0 Å². The topological polar surface area (TPSA) is 124 Å². The predicted molar refractivity (Wildman–Crippen MR) is 114 cm³/mol. The molecule has 4 rings (SSSR count). The second kappa shape index (κ2) is 8.84. The van der Waals surface area contributed by atoms with E-state index in [-0.39, 0.29) is 27.8 Å². The van der Waals surface area contributed by atoms with Crippen molar-refractivity contribution in [2.75, 3.05) is 20.1 Å². The fraction of sp³-hybridized carbons (Fsp3) is 0.571. The first-order chi connectivity index (χ1) is 15.6. The van der Waals surface area contributed by atoms with Crippen LogP contribution in [0.1, 0.15) is 53.8 Å². The molecule has 1 aromatic rings. The SMILES string of the molecule is CC(C)N1C(=O)c2ccc(C(=O)N(C)C3CCNCC34CC4)cc2S1(=O)=O.O=C(O)C(F)(F)F. The number of carboxylic acid groups (broad SMARTS) is 1. The normalized spacial score (nSPS) is 22.1. The predicted octanol–water partition coefficient (Wildman–Crippen LogP) is 2.09. The Balaban J connectivity index is 0.000000406. The maximum absolute atomic E-state index is 13.1. The van der Waals surface area contributed by atoms with Gasteiger partial charge in [0.05, 0.1) is 5.56 Å². The quantitative estimate of drug-likeness (QED) is 0.645. The number of carbonyl (C=O) groups is 3. The lowest BCUT2D eigenvalue weighted by Crippen LogP contribution is -2.51. The molecule has 3 aliphatic rings. The van der Waals surface area contributed by atoms with Crippen molar-refractivity contribution in [2.45, 2.75) is 56.3 Å². The summed E-state index contributed by atoms with van der Waals surface area (Å²) in [6, 6.07) is 4.08. The van der Waals surface area contributed by atoms with Crippen molar-refractivity contribution in [1.29, 1.82) is 0 Å². The Kier molecular flexibility index (Phi) is 6.74. The highest BCUT2D eigenvalue weighted by molar-refractivity contribution is 7.90. The van der Waals surface area contributed by atoms with E-state index < -0.39 is 34.1 Å². The summed E-state index contributed by atoms with van der Waals surface area (Å²) in [5.74, 6) is -3.48. The van der Waals surface area contributed by atoms with Crippen LogP contribution >= 0.6 is 0 Å². The molecule has 188 valence electrons. The van der Waals surface area contributed by atoms with Gasteiger partial charge in [-0.3, -0.25) is 9.59 Å². The van der Waals surface area contributed by atoms with Gasteiger partial charge in [0.25, 0.3) is 21.8 Å². The Morgan fingerprint density at radius 2 is 1.85 bits per heavy atom. The van der Waals surface area contributed by atoms with Gasteiger partial charge in [-0.1, -0.05) is 0 Å². The second-order valence-electron chi connectivity index (χ2n) is 8.97. The van der Waals surface area contributed by atoms with Crippen LogP contribution in [0.25, 0.3) is 0 Å². The Bertz CT molecular complexity index is 1120. The molecule has 0 radical (unpaired) electrons. The molecular weight excluding hydrogens is 479 g/mol. The minimum Gasteiger partial charge on any atom is -0.475 e. The first-order valence-electron chi connectivity index (χ1n) is 10.6. The minimum atomic E-state index is -5.08. The summed E-state index contributed by atoms with van der Waals surface area (Å²) < 4.78 is 58.2. The van der Waals surface area contributed by atoms with Crippen LogP contribution < -0.4 is 5.32 Å². The number of fused-ring (bicyclic) bond motifs is 1. The molecule has 2 fully saturated rings. The zero-order valence-corrected chi connectivity index (χ0v) is 19.7. The number of nitrogens with zero attached hydrogens (tertiary/aromatic N) is 2. The van der Waals surface area contributed by atoms with Crippen LogP contribution in [0.3, 0.4) is 0 Å². The van der Waals surface area contributed by atoms with Crippen LogP contribution in [0.4, 0.5) is 13.2 Å². The van der Waals surface area contributed by atoms with Crippen molar-refractivity contribution in [3.8, 4) is 0 Å². The van der Waals surface area contributed by atoms with Crippen LogP contribution in [0.2, 0.25) is 0 Å². The highest BCUT2D eigenvalue weighted by Crippen LogP contribution is 2.52. The summed E-state index contributed by atoms with van der Waals surface area (Å²) in [5.41, 5.74) is 0.617. The van der Waals surface area contributed by atoms with E-state index in [0.717, 1.165) is 36.7 Å². The summed E-state index contributed by atoms with van der Waals surface area (Å²) >= 11 is 0. The molecule has 1 atom stereocenters. The van der Waals surface area contributed by atoms with E-state index in [0.29, 0.717) is 5.56 Å². The fourth-order valence-electron chi connectivity index (χ4n) is 4.51. The maximum atomic E-state index is 13.1. The molecule has 1 saturated carbocycles. The zero-order chi connectivity index (χ0) is 25.6. The van der Waals surface area contributed by atoms with Crippen LogP contribution in [0.15, 0.2) is 23.1 Å². The second-order valence-corrected chi connectivity index (χ2v) is 10.8. The number of halogens is 3. The van der Waals surface area contributed by atoms with Gasteiger partial charge in [0, 0.05) is 36.7 Å². The molecule has 0 bridgehead atoms. The molecule has 2 amide bonds. The van der Waals surface area contributed by atoms with Gasteiger partial charge >= 0.3 is 12.1 Å². The van der Waals surface area contributed by atoms with Crippen molar-refractivity contribution in [1.82, 2.24) is 14.5 Å². The molecule has 13 heteroatoms. The molecule has 2 heterocycles. The van der Waals surface area contributed by atoms with Crippen molar-refractivity contribution < 1.29 is 41.1 Å². The third-order valence-electron chi connectivity index (χ3n) is 6.37. The first kappa shape index (κ1) is 25.9. The van der Waals surface area contributed by atoms with Crippen molar-refractivity contribution in [3.05, 3.63) is 29.3 Å². The van der Waals surface area contributed by atoms with Crippen LogP contribution in [-0.4, -0.2) is 78.9 Å². The Labute approximate surface area is 194 Å². The molecule has 1 aliphatic carbocycles. The Morgan fingerprint density at radius 3 is 2.35 bits per heavy atom. The number of carbonyl (C=O) groups excluding carboxylic acids is 2. The lowest BCUT2D eigenvalue weighted by molar-refractivity contribution is -0.192. The molecule has 1 aromatic carbocycles.